The van der Waals surface area contributed by atoms with Crippen LogP contribution in [0.15, 0.2) is 18.2 Å². The molecule has 0 N–H and O–H groups in total. The van der Waals surface area contributed by atoms with Gasteiger partial charge in [-0.25, -0.2) is 13.6 Å². The number of carbonyl (C=O) groups excluding carboxylic acids is 1. The van der Waals surface area contributed by atoms with Gasteiger partial charge in [0.05, 0.1) is 11.7 Å². The van der Waals surface area contributed by atoms with E-state index in [1.807, 2.05) is 13.8 Å². The zero-order valence-corrected chi connectivity index (χ0v) is 13.4. The molecule has 1 aliphatic carbocycles. The molecule has 0 spiro atoms. The molecule has 0 saturated heterocycles. The maximum atomic E-state index is 13.6. The van der Waals surface area contributed by atoms with Crippen molar-refractivity contribution in [1.82, 2.24) is 0 Å². The molecule has 1 aromatic carbocycles. The van der Waals surface area contributed by atoms with Crippen LogP contribution in [0.4, 0.5) is 8.78 Å². The van der Waals surface area contributed by atoms with Crippen molar-refractivity contribution in [3.8, 4) is 0 Å². The Morgan fingerprint density at radius 1 is 1.32 bits per heavy atom. The van der Waals surface area contributed by atoms with Crippen molar-refractivity contribution in [2.75, 3.05) is 6.61 Å². The van der Waals surface area contributed by atoms with Crippen molar-refractivity contribution in [2.45, 2.75) is 46.3 Å². The van der Waals surface area contributed by atoms with Gasteiger partial charge in [-0.15, -0.1) is 0 Å². The molecule has 22 heavy (non-hydrogen) atoms. The van der Waals surface area contributed by atoms with Crippen molar-refractivity contribution in [3.05, 3.63) is 35.4 Å². The highest BCUT2D eigenvalue weighted by Gasteiger charge is 2.51. The quantitative estimate of drug-likeness (QED) is 0.772. The van der Waals surface area contributed by atoms with E-state index in [4.69, 9.17) is 9.47 Å². The number of benzene rings is 1. The third-order valence-corrected chi connectivity index (χ3v) is 4.12. The molecule has 0 unspecified atom stereocenters. The summed E-state index contributed by atoms with van der Waals surface area (Å²) in [7, 11) is 0. The molecule has 0 aliphatic heterocycles. The molecule has 1 fully saturated rings. The molecule has 5 heteroatoms. The molecule has 122 valence electrons. The van der Waals surface area contributed by atoms with Crippen molar-refractivity contribution < 1.29 is 23.0 Å². The van der Waals surface area contributed by atoms with E-state index in [-0.39, 0.29) is 23.2 Å². The first-order valence-electron chi connectivity index (χ1n) is 7.49. The summed E-state index contributed by atoms with van der Waals surface area (Å²) in [6, 6.07) is 2.82. The van der Waals surface area contributed by atoms with Crippen LogP contribution in [-0.4, -0.2) is 24.8 Å². The highest BCUT2D eigenvalue weighted by molar-refractivity contribution is 5.89. The lowest BCUT2D eigenvalue weighted by Crippen LogP contribution is -2.56. The standard InChI is InChI=1S/C17H22F2O3/c1-10(2)9-21-14-8-15(17(14,3)4)22-16(20)12-6-5-11(18)7-13(12)19/h5-7,10,14-15H,8-9H2,1-4H3/t14-,15-/m1/s1. The molecule has 1 saturated carbocycles. The Bertz CT molecular complexity index is 555. The third-order valence-electron chi connectivity index (χ3n) is 4.12. The normalized spacial score (nSPS) is 23.2. The summed E-state index contributed by atoms with van der Waals surface area (Å²) >= 11 is 0. The lowest BCUT2D eigenvalue weighted by atomic mass is 9.66. The summed E-state index contributed by atoms with van der Waals surface area (Å²) in [5, 5.41) is 0. The molecule has 0 radical (unpaired) electrons. The van der Waals surface area contributed by atoms with E-state index in [0.717, 1.165) is 12.1 Å². The number of ether oxygens (including phenoxy) is 2. The largest absolute Gasteiger partial charge is 0.458 e. The fraction of sp³-hybridized carbons (Fsp3) is 0.588. The van der Waals surface area contributed by atoms with Gasteiger partial charge in [-0.1, -0.05) is 27.7 Å². The summed E-state index contributed by atoms with van der Waals surface area (Å²) in [6.45, 7) is 8.71. The zero-order valence-electron chi connectivity index (χ0n) is 13.4. The fourth-order valence-electron chi connectivity index (χ4n) is 2.49. The Hall–Kier alpha value is -1.49. The van der Waals surface area contributed by atoms with E-state index < -0.39 is 17.6 Å². The third kappa shape index (κ3) is 3.46. The molecule has 2 atom stereocenters. The lowest BCUT2D eigenvalue weighted by Gasteiger charge is -2.50. The van der Waals surface area contributed by atoms with Gasteiger partial charge in [-0.3, -0.25) is 0 Å². The predicted molar refractivity (Wildman–Crippen MR) is 78.5 cm³/mol. The van der Waals surface area contributed by atoms with Gasteiger partial charge < -0.3 is 9.47 Å². The van der Waals surface area contributed by atoms with Crippen LogP contribution in [-0.2, 0) is 9.47 Å². The van der Waals surface area contributed by atoms with Crippen LogP contribution < -0.4 is 0 Å². The van der Waals surface area contributed by atoms with Crippen LogP contribution in [0.1, 0.15) is 44.5 Å². The minimum Gasteiger partial charge on any atom is -0.458 e. The smallest absolute Gasteiger partial charge is 0.341 e. The number of rotatable bonds is 5. The number of hydrogen-bond acceptors (Lipinski definition) is 3. The number of esters is 1. The summed E-state index contributed by atoms with van der Waals surface area (Å²) in [5.74, 6) is -1.96. The number of halogens is 2. The summed E-state index contributed by atoms with van der Waals surface area (Å²) in [4.78, 5) is 12.0. The van der Waals surface area contributed by atoms with Crippen LogP contribution in [0.25, 0.3) is 0 Å². The molecule has 2 rings (SSSR count). The van der Waals surface area contributed by atoms with Crippen LogP contribution in [0.5, 0.6) is 0 Å². The molecule has 1 aliphatic rings. The summed E-state index contributed by atoms with van der Waals surface area (Å²) in [6.07, 6.45) is 0.279. The first-order valence-corrected chi connectivity index (χ1v) is 7.49. The Morgan fingerprint density at radius 2 is 2.00 bits per heavy atom. The van der Waals surface area contributed by atoms with Crippen LogP contribution in [0.2, 0.25) is 0 Å². The molecule has 0 amide bonds. The van der Waals surface area contributed by atoms with Crippen molar-refractivity contribution >= 4 is 5.97 Å². The molecule has 0 bridgehead atoms. The monoisotopic (exact) mass is 312 g/mol. The van der Waals surface area contributed by atoms with E-state index in [0.29, 0.717) is 25.0 Å². The van der Waals surface area contributed by atoms with Crippen molar-refractivity contribution in [3.63, 3.8) is 0 Å². The van der Waals surface area contributed by atoms with E-state index in [1.165, 1.54) is 0 Å². The average molecular weight is 312 g/mol. The maximum absolute atomic E-state index is 13.6. The van der Waals surface area contributed by atoms with E-state index in [9.17, 15) is 13.6 Å². The minimum atomic E-state index is -0.908. The predicted octanol–water partition coefficient (Wildman–Crippen LogP) is 3.96. The Balaban J connectivity index is 1.96. The Morgan fingerprint density at radius 3 is 2.55 bits per heavy atom. The van der Waals surface area contributed by atoms with E-state index in [2.05, 4.69) is 13.8 Å². The van der Waals surface area contributed by atoms with E-state index in [1.54, 1.807) is 0 Å². The molecule has 0 aromatic heterocycles. The summed E-state index contributed by atoms with van der Waals surface area (Å²) < 4.78 is 37.6. The van der Waals surface area contributed by atoms with Crippen molar-refractivity contribution in [2.24, 2.45) is 11.3 Å². The highest BCUT2D eigenvalue weighted by atomic mass is 19.1. The van der Waals surface area contributed by atoms with Gasteiger partial charge >= 0.3 is 5.97 Å². The average Bonchev–Trinajstić information content (AvgIpc) is 2.41. The SMILES string of the molecule is CC(C)CO[C@@H]1C[C@@H](OC(=O)c2ccc(F)cc2F)C1(C)C. The van der Waals surface area contributed by atoms with Crippen LogP contribution >= 0.6 is 0 Å². The second kappa shape index (κ2) is 6.32. The molecule has 0 heterocycles. The Kier molecular flexibility index (Phi) is 4.85. The van der Waals surface area contributed by atoms with Gasteiger partial charge in [0.25, 0.3) is 0 Å². The van der Waals surface area contributed by atoms with Gasteiger partial charge in [0, 0.05) is 24.5 Å². The van der Waals surface area contributed by atoms with Crippen LogP contribution in [0.3, 0.4) is 0 Å². The number of carbonyl (C=O) groups is 1. The molecular formula is C17H22F2O3. The molecule has 3 nitrogen and oxygen atoms in total. The summed E-state index contributed by atoms with van der Waals surface area (Å²) in [5.41, 5.74) is -0.565. The van der Waals surface area contributed by atoms with Gasteiger partial charge in [0.1, 0.15) is 17.7 Å². The zero-order chi connectivity index (χ0) is 16.5. The molecular weight excluding hydrogens is 290 g/mol. The van der Waals surface area contributed by atoms with Gasteiger partial charge in [0.15, 0.2) is 0 Å². The first-order chi connectivity index (χ1) is 10.2. The maximum Gasteiger partial charge on any atom is 0.341 e. The van der Waals surface area contributed by atoms with Crippen molar-refractivity contribution in [1.29, 1.82) is 0 Å². The second-order valence-corrected chi connectivity index (χ2v) is 6.79. The van der Waals surface area contributed by atoms with E-state index >= 15 is 0 Å². The van der Waals surface area contributed by atoms with Crippen LogP contribution in [0, 0.1) is 23.0 Å². The minimum absolute atomic E-state index is 0.0192. The highest BCUT2D eigenvalue weighted by Crippen LogP contribution is 2.45. The molecule has 1 aromatic rings. The lowest BCUT2D eigenvalue weighted by molar-refractivity contribution is -0.180. The number of hydrogen-bond donors (Lipinski definition) is 0. The first kappa shape index (κ1) is 16.9. The Labute approximate surface area is 129 Å². The fourth-order valence-corrected chi connectivity index (χ4v) is 2.49. The van der Waals surface area contributed by atoms with Gasteiger partial charge in [-0.2, -0.15) is 0 Å². The topological polar surface area (TPSA) is 35.5 Å². The van der Waals surface area contributed by atoms with Gasteiger partial charge in [0.2, 0.25) is 0 Å². The van der Waals surface area contributed by atoms with Gasteiger partial charge in [-0.05, 0) is 18.1 Å². The second-order valence-electron chi connectivity index (χ2n) is 6.79.